The van der Waals surface area contributed by atoms with E-state index in [1.165, 1.54) is 32.1 Å². The average Bonchev–Trinajstić information content (AvgIpc) is 3.08. The summed E-state index contributed by atoms with van der Waals surface area (Å²) in [6.07, 6.45) is 5.90. The molecular formula is C23H34ClN3O4S. The minimum absolute atomic E-state index is 0. The van der Waals surface area contributed by atoms with Crippen molar-refractivity contribution < 1.29 is 19.1 Å². The van der Waals surface area contributed by atoms with Crippen molar-refractivity contribution >= 4 is 46.9 Å². The Bertz CT molecular complexity index is 801. The van der Waals surface area contributed by atoms with E-state index in [1.807, 2.05) is 13.1 Å². The third-order valence-corrected chi connectivity index (χ3v) is 6.80. The van der Waals surface area contributed by atoms with Gasteiger partial charge in [0.2, 0.25) is 5.91 Å². The number of anilines is 1. The number of amides is 1. The van der Waals surface area contributed by atoms with E-state index >= 15 is 0 Å². The van der Waals surface area contributed by atoms with E-state index in [9.17, 15) is 9.59 Å². The summed E-state index contributed by atoms with van der Waals surface area (Å²) < 4.78 is 10.6. The minimum atomic E-state index is -0.711. The Morgan fingerprint density at radius 2 is 2.03 bits per heavy atom. The molecule has 1 N–H and O–H groups in total. The van der Waals surface area contributed by atoms with Crippen molar-refractivity contribution in [2.75, 3.05) is 24.7 Å². The summed E-state index contributed by atoms with van der Waals surface area (Å²) in [5.41, 5.74) is 0.642. The number of halogens is 1. The number of rotatable bonds is 8. The fourth-order valence-electron chi connectivity index (χ4n) is 3.82. The van der Waals surface area contributed by atoms with Crippen molar-refractivity contribution in [3.63, 3.8) is 0 Å². The summed E-state index contributed by atoms with van der Waals surface area (Å²) in [6, 6.07) is 7.64. The quantitative estimate of drug-likeness (QED) is 0.548. The maximum absolute atomic E-state index is 12.6. The third kappa shape index (κ3) is 7.59. The van der Waals surface area contributed by atoms with Gasteiger partial charge in [-0.25, -0.2) is 4.79 Å². The first-order valence-electron chi connectivity index (χ1n) is 11.1. The fraction of sp³-hybridized carbons (Fsp3) is 0.609. The zero-order valence-corrected chi connectivity index (χ0v) is 20.7. The van der Waals surface area contributed by atoms with Crippen molar-refractivity contribution in [3.05, 3.63) is 24.3 Å². The SMILES string of the molecule is CCOC(=O)C(C)Oc1cccc(NC(=O)CC2CS/C(=N\C3CCCCC3)N2C)c1.Cl. The highest BCUT2D eigenvalue weighted by Crippen LogP contribution is 2.28. The second-order valence-electron chi connectivity index (χ2n) is 8.07. The molecule has 1 heterocycles. The highest BCUT2D eigenvalue weighted by Gasteiger charge is 2.30. The predicted molar refractivity (Wildman–Crippen MR) is 132 cm³/mol. The number of carbonyl (C=O) groups excluding carboxylic acids is 2. The van der Waals surface area contributed by atoms with E-state index in [4.69, 9.17) is 14.5 Å². The van der Waals surface area contributed by atoms with Crippen LogP contribution in [0.3, 0.4) is 0 Å². The number of hydrogen-bond donors (Lipinski definition) is 1. The molecule has 178 valence electrons. The molecule has 2 atom stereocenters. The average molecular weight is 484 g/mol. The van der Waals surface area contributed by atoms with Gasteiger partial charge in [0.25, 0.3) is 0 Å². The molecule has 1 aromatic carbocycles. The maximum atomic E-state index is 12.6. The Labute approximate surface area is 201 Å². The molecule has 1 aliphatic carbocycles. The molecule has 1 aliphatic heterocycles. The van der Waals surface area contributed by atoms with Crippen LogP contribution in [0.25, 0.3) is 0 Å². The Kier molecular flexibility index (Phi) is 10.6. The lowest BCUT2D eigenvalue weighted by Crippen LogP contribution is -2.34. The summed E-state index contributed by atoms with van der Waals surface area (Å²) in [4.78, 5) is 31.5. The zero-order chi connectivity index (χ0) is 22.2. The number of amidine groups is 1. The number of esters is 1. The van der Waals surface area contributed by atoms with Crippen LogP contribution in [0.2, 0.25) is 0 Å². The van der Waals surface area contributed by atoms with Gasteiger partial charge < -0.3 is 19.7 Å². The number of aliphatic imine (C=N–C) groups is 1. The lowest BCUT2D eigenvalue weighted by molar-refractivity contribution is -0.150. The van der Waals surface area contributed by atoms with Gasteiger partial charge in [-0.2, -0.15) is 0 Å². The van der Waals surface area contributed by atoms with Gasteiger partial charge in [-0.3, -0.25) is 9.79 Å². The predicted octanol–water partition coefficient (Wildman–Crippen LogP) is 4.50. The first-order valence-corrected chi connectivity index (χ1v) is 12.1. The zero-order valence-electron chi connectivity index (χ0n) is 19.0. The van der Waals surface area contributed by atoms with Crippen LogP contribution in [0.15, 0.2) is 29.3 Å². The van der Waals surface area contributed by atoms with Gasteiger partial charge in [-0.15, -0.1) is 12.4 Å². The Morgan fingerprint density at radius 1 is 1.28 bits per heavy atom. The normalized spacial score (nSPS) is 21.0. The van der Waals surface area contributed by atoms with E-state index in [0.717, 1.165) is 10.9 Å². The maximum Gasteiger partial charge on any atom is 0.347 e. The molecule has 9 heteroatoms. The van der Waals surface area contributed by atoms with Crippen molar-refractivity contribution in [1.82, 2.24) is 4.90 Å². The Morgan fingerprint density at radius 3 is 2.75 bits per heavy atom. The first-order chi connectivity index (χ1) is 15.0. The lowest BCUT2D eigenvalue weighted by Gasteiger charge is -2.23. The molecule has 1 amide bonds. The summed E-state index contributed by atoms with van der Waals surface area (Å²) in [5.74, 6) is 0.917. The van der Waals surface area contributed by atoms with Gasteiger partial charge in [0.15, 0.2) is 11.3 Å². The Hall–Kier alpha value is -1.93. The van der Waals surface area contributed by atoms with Gasteiger partial charge in [0.1, 0.15) is 5.75 Å². The third-order valence-electron chi connectivity index (χ3n) is 5.59. The molecule has 3 rings (SSSR count). The summed E-state index contributed by atoms with van der Waals surface area (Å²) >= 11 is 1.75. The van der Waals surface area contributed by atoms with Crippen LogP contribution in [0.1, 0.15) is 52.4 Å². The molecule has 1 aromatic rings. The van der Waals surface area contributed by atoms with Crippen molar-refractivity contribution in [1.29, 1.82) is 0 Å². The number of nitrogens with zero attached hydrogens (tertiary/aromatic N) is 2. The van der Waals surface area contributed by atoms with Crippen LogP contribution >= 0.6 is 24.2 Å². The van der Waals surface area contributed by atoms with Crippen LogP contribution in [0, 0.1) is 0 Å². The molecule has 7 nitrogen and oxygen atoms in total. The fourth-order valence-corrected chi connectivity index (χ4v) is 5.08. The highest BCUT2D eigenvalue weighted by atomic mass is 35.5. The van der Waals surface area contributed by atoms with Gasteiger partial charge in [0.05, 0.1) is 12.6 Å². The van der Waals surface area contributed by atoms with Crippen LogP contribution in [0.5, 0.6) is 5.75 Å². The monoisotopic (exact) mass is 483 g/mol. The largest absolute Gasteiger partial charge is 0.479 e. The first kappa shape index (κ1) is 26.3. The van der Waals surface area contributed by atoms with Crippen molar-refractivity contribution in [3.8, 4) is 5.75 Å². The highest BCUT2D eigenvalue weighted by molar-refractivity contribution is 8.14. The molecular weight excluding hydrogens is 450 g/mol. The second kappa shape index (κ2) is 12.9. The molecule has 1 saturated heterocycles. The summed E-state index contributed by atoms with van der Waals surface area (Å²) in [5, 5.41) is 4.01. The minimum Gasteiger partial charge on any atom is -0.479 e. The number of benzene rings is 1. The summed E-state index contributed by atoms with van der Waals surface area (Å²) in [6.45, 7) is 3.71. The van der Waals surface area contributed by atoms with Gasteiger partial charge in [-0.1, -0.05) is 37.1 Å². The van der Waals surface area contributed by atoms with Crippen LogP contribution in [-0.4, -0.2) is 59.5 Å². The van der Waals surface area contributed by atoms with Gasteiger partial charge >= 0.3 is 5.97 Å². The number of thioether (sulfide) groups is 1. The molecule has 1 saturated carbocycles. The molecule has 2 fully saturated rings. The van der Waals surface area contributed by atoms with Crippen molar-refractivity contribution in [2.45, 2.75) is 70.6 Å². The van der Waals surface area contributed by atoms with Gasteiger partial charge in [-0.05, 0) is 38.8 Å². The molecule has 2 unspecified atom stereocenters. The number of carbonyl (C=O) groups is 2. The van der Waals surface area contributed by atoms with Crippen molar-refractivity contribution in [2.24, 2.45) is 4.99 Å². The summed E-state index contributed by atoms with van der Waals surface area (Å²) in [7, 11) is 2.03. The molecule has 2 aliphatic rings. The van der Waals surface area contributed by atoms with E-state index in [-0.39, 0.29) is 24.4 Å². The van der Waals surface area contributed by atoms with E-state index in [0.29, 0.717) is 30.5 Å². The van der Waals surface area contributed by atoms with Crippen LogP contribution in [0.4, 0.5) is 5.69 Å². The van der Waals surface area contributed by atoms with E-state index in [2.05, 4.69) is 10.2 Å². The molecule has 0 aromatic heterocycles. The Balaban J connectivity index is 0.00000363. The standard InChI is InChI=1S/C23H33N3O4S.ClH/c1-4-29-22(28)16(2)30-20-12-8-11-18(13-20)24-21(27)14-19-15-31-23(26(19)3)25-17-9-6-5-7-10-17;/h8,11-13,16-17,19H,4-7,9-10,14-15H2,1-3H3,(H,24,27);1H/b25-23-;. The van der Waals surface area contributed by atoms with E-state index in [1.54, 1.807) is 43.8 Å². The molecule has 0 spiro atoms. The van der Waals surface area contributed by atoms with Crippen LogP contribution < -0.4 is 10.1 Å². The van der Waals surface area contributed by atoms with E-state index < -0.39 is 12.1 Å². The number of ether oxygens (including phenoxy) is 2. The number of nitrogens with one attached hydrogen (secondary N) is 1. The second-order valence-corrected chi connectivity index (χ2v) is 9.06. The molecule has 32 heavy (non-hydrogen) atoms. The smallest absolute Gasteiger partial charge is 0.347 e. The van der Waals surface area contributed by atoms with Crippen LogP contribution in [-0.2, 0) is 14.3 Å². The molecule has 0 radical (unpaired) electrons. The molecule has 0 bridgehead atoms. The van der Waals surface area contributed by atoms with Gasteiger partial charge in [0, 0.05) is 37.0 Å². The lowest BCUT2D eigenvalue weighted by atomic mass is 9.96. The topological polar surface area (TPSA) is 80.2 Å². The number of hydrogen-bond acceptors (Lipinski definition) is 6.